The minimum atomic E-state index is 0.711. The Labute approximate surface area is 97.9 Å². The first-order valence-corrected chi connectivity index (χ1v) is 6.09. The van der Waals surface area contributed by atoms with Crippen LogP contribution >= 0.6 is 0 Å². The first-order valence-electron chi connectivity index (χ1n) is 6.09. The van der Waals surface area contributed by atoms with Gasteiger partial charge in [-0.2, -0.15) is 0 Å². The third-order valence-electron chi connectivity index (χ3n) is 2.98. The van der Waals surface area contributed by atoms with E-state index < -0.39 is 0 Å². The molecule has 1 aromatic heterocycles. The molecule has 1 fully saturated rings. The molecule has 16 heavy (non-hydrogen) atoms. The van der Waals surface area contributed by atoms with Gasteiger partial charge in [0.25, 0.3) is 0 Å². The average Bonchev–Trinajstić information content (AvgIpc) is 2.15. The van der Waals surface area contributed by atoms with E-state index in [1.54, 1.807) is 0 Å². The molecule has 1 N–H and O–H groups in total. The number of pyridine rings is 1. The van der Waals surface area contributed by atoms with Crippen LogP contribution in [0.3, 0.4) is 0 Å². The fourth-order valence-electron chi connectivity index (χ4n) is 2.07. The zero-order chi connectivity index (χ0) is 11.4. The van der Waals surface area contributed by atoms with E-state index in [0.29, 0.717) is 6.04 Å². The largest absolute Gasteiger partial charge is 0.314 e. The van der Waals surface area contributed by atoms with Crippen LogP contribution in [0.2, 0.25) is 0 Å². The van der Waals surface area contributed by atoms with E-state index in [-0.39, 0.29) is 0 Å². The highest BCUT2D eigenvalue weighted by molar-refractivity contribution is 5.08. The molecule has 0 unspecified atom stereocenters. The number of hydrogen-bond acceptors (Lipinski definition) is 3. The van der Waals surface area contributed by atoms with Gasteiger partial charge < -0.3 is 5.32 Å². The zero-order valence-corrected chi connectivity index (χ0v) is 10.2. The lowest BCUT2D eigenvalue weighted by atomic mass is 10.1. The third kappa shape index (κ3) is 3.03. The smallest absolute Gasteiger partial charge is 0.0349 e. The summed E-state index contributed by atoms with van der Waals surface area (Å²) in [6, 6.07) is 4.89. The number of rotatable bonds is 5. The van der Waals surface area contributed by atoms with Gasteiger partial charge in [0.2, 0.25) is 0 Å². The van der Waals surface area contributed by atoms with Crippen LogP contribution in [0.4, 0.5) is 0 Å². The van der Waals surface area contributed by atoms with Gasteiger partial charge in [-0.15, -0.1) is 0 Å². The summed E-state index contributed by atoms with van der Waals surface area (Å²) in [5, 5.41) is 3.34. The summed E-state index contributed by atoms with van der Waals surface area (Å²) < 4.78 is 0. The molecular weight excluding hydrogens is 198 g/mol. The highest BCUT2D eigenvalue weighted by Gasteiger charge is 2.24. The predicted octanol–water partition coefficient (Wildman–Crippen LogP) is 1.51. The molecule has 2 rings (SSSR count). The second-order valence-corrected chi connectivity index (χ2v) is 5.00. The lowest BCUT2D eigenvalue weighted by Crippen LogP contribution is -2.57. The molecule has 0 spiro atoms. The predicted molar refractivity (Wildman–Crippen MR) is 66.1 cm³/mol. The summed E-state index contributed by atoms with van der Waals surface area (Å²) >= 11 is 0. The van der Waals surface area contributed by atoms with Gasteiger partial charge in [-0.3, -0.25) is 9.88 Å². The second-order valence-electron chi connectivity index (χ2n) is 5.00. The van der Waals surface area contributed by atoms with E-state index in [9.17, 15) is 0 Å². The lowest BCUT2D eigenvalue weighted by molar-refractivity contribution is 0.122. The standard InChI is InChI=1S/C13H21N3/c1-11(2)9-16(13-7-15-8-13)10-12-4-3-5-14-6-12/h3-6,11,13,15H,7-10H2,1-2H3. The maximum absolute atomic E-state index is 4.18. The molecule has 88 valence electrons. The third-order valence-corrected chi connectivity index (χ3v) is 2.98. The van der Waals surface area contributed by atoms with Crippen LogP contribution in [0, 0.1) is 5.92 Å². The highest BCUT2D eigenvalue weighted by atomic mass is 15.2. The van der Waals surface area contributed by atoms with E-state index in [1.807, 2.05) is 18.5 Å². The van der Waals surface area contributed by atoms with Gasteiger partial charge in [-0.05, 0) is 17.5 Å². The molecule has 2 heterocycles. The summed E-state index contributed by atoms with van der Waals surface area (Å²) in [7, 11) is 0. The average molecular weight is 219 g/mol. The fraction of sp³-hybridized carbons (Fsp3) is 0.615. The van der Waals surface area contributed by atoms with Crippen LogP contribution < -0.4 is 5.32 Å². The number of nitrogens with zero attached hydrogens (tertiary/aromatic N) is 2. The highest BCUT2D eigenvalue weighted by Crippen LogP contribution is 2.13. The van der Waals surface area contributed by atoms with Gasteiger partial charge in [-0.1, -0.05) is 19.9 Å². The Morgan fingerprint density at radius 1 is 1.50 bits per heavy atom. The van der Waals surface area contributed by atoms with Crippen molar-refractivity contribution in [2.75, 3.05) is 19.6 Å². The molecule has 0 atom stereocenters. The first-order chi connectivity index (χ1) is 7.75. The van der Waals surface area contributed by atoms with E-state index in [0.717, 1.165) is 25.6 Å². The van der Waals surface area contributed by atoms with Gasteiger partial charge in [0.15, 0.2) is 0 Å². The molecule has 1 aliphatic heterocycles. The van der Waals surface area contributed by atoms with E-state index >= 15 is 0 Å². The van der Waals surface area contributed by atoms with Crippen LogP contribution in [0.25, 0.3) is 0 Å². The maximum atomic E-state index is 4.18. The van der Waals surface area contributed by atoms with Crippen LogP contribution in [0.5, 0.6) is 0 Å². The number of hydrogen-bond donors (Lipinski definition) is 1. The van der Waals surface area contributed by atoms with Crippen LogP contribution in [-0.4, -0.2) is 35.6 Å². The van der Waals surface area contributed by atoms with Crippen LogP contribution in [-0.2, 0) is 6.54 Å². The fourth-order valence-corrected chi connectivity index (χ4v) is 2.07. The van der Waals surface area contributed by atoms with Gasteiger partial charge in [0, 0.05) is 44.6 Å². The van der Waals surface area contributed by atoms with E-state index in [2.05, 4.69) is 35.1 Å². The van der Waals surface area contributed by atoms with Crippen molar-refractivity contribution in [1.82, 2.24) is 15.2 Å². The number of aromatic nitrogens is 1. The van der Waals surface area contributed by atoms with E-state index in [1.165, 1.54) is 12.1 Å². The van der Waals surface area contributed by atoms with Gasteiger partial charge in [-0.25, -0.2) is 0 Å². The SMILES string of the molecule is CC(C)CN(Cc1cccnc1)C1CNC1. The lowest BCUT2D eigenvalue weighted by Gasteiger charge is -2.39. The molecule has 3 nitrogen and oxygen atoms in total. The summed E-state index contributed by atoms with van der Waals surface area (Å²) in [6.45, 7) is 9.02. The number of nitrogens with one attached hydrogen (secondary N) is 1. The van der Waals surface area contributed by atoms with Crippen molar-refractivity contribution in [1.29, 1.82) is 0 Å². The monoisotopic (exact) mass is 219 g/mol. The van der Waals surface area contributed by atoms with Crippen LogP contribution in [0.1, 0.15) is 19.4 Å². The van der Waals surface area contributed by atoms with Crippen molar-refractivity contribution in [2.24, 2.45) is 5.92 Å². The molecular formula is C13H21N3. The normalized spacial score (nSPS) is 16.8. The van der Waals surface area contributed by atoms with E-state index in [4.69, 9.17) is 0 Å². The summed E-state index contributed by atoms with van der Waals surface area (Å²) in [4.78, 5) is 6.75. The Balaban J connectivity index is 1.96. The summed E-state index contributed by atoms with van der Waals surface area (Å²) in [5.74, 6) is 0.720. The Kier molecular flexibility index (Phi) is 3.91. The Bertz CT molecular complexity index is 306. The Hall–Kier alpha value is -0.930. The molecule has 0 amide bonds. The molecule has 3 heteroatoms. The van der Waals surface area contributed by atoms with Crippen molar-refractivity contribution in [3.8, 4) is 0 Å². The minimum Gasteiger partial charge on any atom is -0.314 e. The quantitative estimate of drug-likeness (QED) is 0.813. The van der Waals surface area contributed by atoms with Gasteiger partial charge >= 0.3 is 0 Å². The van der Waals surface area contributed by atoms with Crippen molar-refractivity contribution in [3.05, 3.63) is 30.1 Å². The molecule has 0 saturated carbocycles. The minimum absolute atomic E-state index is 0.711. The van der Waals surface area contributed by atoms with Crippen molar-refractivity contribution in [3.63, 3.8) is 0 Å². The molecule has 0 aliphatic carbocycles. The Morgan fingerprint density at radius 3 is 2.81 bits per heavy atom. The zero-order valence-electron chi connectivity index (χ0n) is 10.2. The summed E-state index contributed by atoms with van der Waals surface area (Å²) in [5.41, 5.74) is 1.31. The summed E-state index contributed by atoms with van der Waals surface area (Å²) in [6.07, 6.45) is 3.81. The molecule has 1 aliphatic rings. The molecule has 0 bridgehead atoms. The molecule has 1 aromatic rings. The maximum Gasteiger partial charge on any atom is 0.0349 e. The first kappa shape index (κ1) is 11.6. The molecule has 1 saturated heterocycles. The molecule has 0 aromatic carbocycles. The van der Waals surface area contributed by atoms with Gasteiger partial charge in [0.1, 0.15) is 0 Å². The topological polar surface area (TPSA) is 28.2 Å². The van der Waals surface area contributed by atoms with Crippen molar-refractivity contribution < 1.29 is 0 Å². The second kappa shape index (κ2) is 5.41. The van der Waals surface area contributed by atoms with Crippen LogP contribution in [0.15, 0.2) is 24.5 Å². The van der Waals surface area contributed by atoms with Crippen molar-refractivity contribution in [2.45, 2.75) is 26.4 Å². The molecule has 0 radical (unpaired) electrons. The van der Waals surface area contributed by atoms with Crippen molar-refractivity contribution >= 4 is 0 Å². The Morgan fingerprint density at radius 2 is 2.31 bits per heavy atom. The van der Waals surface area contributed by atoms with Gasteiger partial charge in [0.05, 0.1) is 0 Å².